The molecule has 0 N–H and O–H groups in total. The highest BCUT2D eigenvalue weighted by molar-refractivity contribution is 9.10. The van der Waals surface area contributed by atoms with Gasteiger partial charge in [0.2, 0.25) is 0 Å². The van der Waals surface area contributed by atoms with Crippen molar-refractivity contribution >= 4 is 59.4 Å². The predicted octanol–water partition coefficient (Wildman–Crippen LogP) is 8.32. The van der Waals surface area contributed by atoms with Gasteiger partial charge < -0.3 is 4.42 Å². The van der Waals surface area contributed by atoms with Crippen LogP contribution < -0.4 is 0 Å². The minimum atomic E-state index is 0.923. The van der Waals surface area contributed by atoms with E-state index in [-0.39, 0.29) is 0 Å². The maximum Gasteiger partial charge on any atom is 0.136 e. The second-order valence-corrected chi connectivity index (χ2v) is 8.10. The number of fused-ring (bicyclic) bond motifs is 5. The Morgan fingerprint density at radius 3 is 2.11 bits per heavy atom. The molecule has 0 saturated carbocycles. The minimum Gasteiger partial charge on any atom is -0.456 e. The van der Waals surface area contributed by atoms with E-state index in [0.717, 1.165) is 26.6 Å². The summed E-state index contributed by atoms with van der Waals surface area (Å²) in [7, 11) is 0. The van der Waals surface area contributed by atoms with Gasteiger partial charge >= 0.3 is 0 Å². The summed E-state index contributed by atoms with van der Waals surface area (Å²) in [5, 5.41) is 7.23. The van der Waals surface area contributed by atoms with Gasteiger partial charge in [0.1, 0.15) is 11.2 Å². The highest BCUT2D eigenvalue weighted by Gasteiger charge is 2.11. The summed E-state index contributed by atoms with van der Waals surface area (Å²) in [5.41, 5.74) is 4.22. The fraction of sp³-hybridized carbons (Fsp3) is 0. The number of hydrogen-bond acceptors (Lipinski definition) is 1. The van der Waals surface area contributed by atoms with Crippen molar-refractivity contribution in [1.82, 2.24) is 0 Å². The molecule has 0 aliphatic rings. The molecular weight excluding hydrogens is 408 g/mol. The minimum absolute atomic E-state index is 0.923. The van der Waals surface area contributed by atoms with Crippen LogP contribution in [0.4, 0.5) is 0 Å². The second-order valence-electron chi connectivity index (χ2n) is 7.18. The van der Waals surface area contributed by atoms with Crippen LogP contribution >= 0.6 is 15.9 Å². The molecule has 6 aromatic rings. The van der Waals surface area contributed by atoms with E-state index >= 15 is 0 Å². The van der Waals surface area contributed by atoms with Crippen molar-refractivity contribution in [2.24, 2.45) is 0 Å². The van der Waals surface area contributed by atoms with Crippen LogP contribution in [-0.2, 0) is 0 Å². The van der Waals surface area contributed by atoms with Crippen LogP contribution in [0.15, 0.2) is 99.9 Å². The third kappa shape index (κ3) is 2.38. The molecule has 0 atom stereocenters. The largest absolute Gasteiger partial charge is 0.456 e. The average molecular weight is 423 g/mol. The lowest BCUT2D eigenvalue weighted by Crippen LogP contribution is -1.82. The van der Waals surface area contributed by atoms with Crippen molar-refractivity contribution in [3.63, 3.8) is 0 Å². The van der Waals surface area contributed by atoms with E-state index in [9.17, 15) is 0 Å². The smallest absolute Gasteiger partial charge is 0.136 e. The maximum absolute atomic E-state index is 6.25. The Morgan fingerprint density at radius 1 is 0.536 bits per heavy atom. The van der Waals surface area contributed by atoms with Crippen LogP contribution in [0.5, 0.6) is 0 Å². The zero-order valence-corrected chi connectivity index (χ0v) is 16.5. The zero-order valence-electron chi connectivity index (χ0n) is 14.9. The Hall–Kier alpha value is -3.10. The normalized spacial score (nSPS) is 11.8. The molecule has 28 heavy (non-hydrogen) atoms. The van der Waals surface area contributed by atoms with E-state index in [2.05, 4.69) is 107 Å². The first kappa shape index (κ1) is 15.9. The van der Waals surface area contributed by atoms with E-state index in [1.807, 2.05) is 0 Å². The van der Waals surface area contributed by atoms with Gasteiger partial charge in [0, 0.05) is 15.2 Å². The Kier molecular flexibility index (Phi) is 3.38. The number of benzene rings is 5. The monoisotopic (exact) mass is 422 g/mol. The lowest BCUT2D eigenvalue weighted by Gasteiger charge is -2.08. The van der Waals surface area contributed by atoms with Crippen molar-refractivity contribution in [1.29, 1.82) is 0 Å². The molecule has 1 heterocycles. The van der Waals surface area contributed by atoms with Gasteiger partial charge in [-0.3, -0.25) is 0 Å². The standard InChI is InChI=1S/C26H15BrO/c27-20-11-18-7-3-4-8-21(18)23(15-20)19-9-10-22-24-12-16-5-1-2-6-17(16)13-26(24)28-25(22)14-19/h1-15H. The predicted molar refractivity (Wildman–Crippen MR) is 122 cm³/mol. The summed E-state index contributed by atoms with van der Waals surface area (Å²) >= 11 is 3.66. The molecule has 0 bridgehead atoms. The van der Waals surface area contributed by atoms with Gasteiger partial charge in [-0.15, -0.1) is 0 Å². The summed E-state index contributed by atoms with van der Waals surface area (Å²) in [5.74, 6) is 0. The fourth-order valence-electron chi connectivity index (χ4n) is 4.14. The van der Waals surface area contributed by atoms with Gasteiger partial charge in [0.15, 0.2) is 0 Å². The first-order valence-corrected chi connectivity index (χ1v) is 10.1. The Labute approximate surface area is 170 Å². The molecule has 0 unspecified atom stereocenters. The molecule has 2 heteroatoms. The van der Waals surface area contributed by atoms with Crippen molar-refractivity contribution < 1.29 is 4.42 Å². The average Bonchev–Trinajstić information content (AvgIpc) is 3.08. The molecule has 5 aromatic carbocycles. The van der Waals surface area contributed by atoms with Gasteiger partial charge in [-0.05, 0) is 69.1 Å². The topological polar surface area (TPSA) is 13.1 Å². The summed E-state index contributed by atoms with van der Waals surface area (Å²) in [6.07, 6.45) is 0. The van der Waals surface area contributed by atoms with Crippen molar-refractivity contribution in [2.45, 2.75) is 0 Å². The summed E-state index contributed by atoms with van der Waals surface area (Å²) in [6.45, 7) is 0. The molecular formula is C26H15BrO. The first-order valence-electron chi connectivity index (χ1n) is 9.30. The van der Waals surface area contributed by atoms with Crippen molar-refractivity contribution in [3.8, 4) is 11.1 Å². The van der Waals surface area contributed by atoms with E-state index in [4.69, 9.17) is 4.42 Å². The highest BCUT2D eigenvalue weighted by Crippen LogP contribution is 2.37. The number of rotatable bonds is 1. The number of halogens is 1. The van der Waals surface area contributed by atoms with Crippen LogP contribution in [-0.4, -0.2) is 0 Å². The number of furan rings is 1. The van der Waals surface area contributed by atoms with Crippen LogP contribution in [0.25, 0.3) is 54.6 Å². The molecule has 0 aliphatic heterocycles. The summed E-state index contributed by atoms with van der Waals surface area (Å²) in [6, 6.07) is 32.1. The second kappa shape index (κ2) is 5.95. The lowest BCUT2D eigenvalue weighted by molar-refractivity contribution is 0.669. The third-order valence-corrected chi connectivity index (χ3v) is 5.94. The van der Waals surface area contributed by atoms with Crippen LogP contribution in [0.1, 0.15) is 0 Å². The van der Waals surface area contributed by atoms with E-state index in [1.54, 1.807) is 0 Å². The molecule has 0 fully saturated rings. The number of hydrogen-bond donors (Lipinski definition) is 0. The van der Waals surface area contributed by atoms with Crippen molar-refractivity contribution in [3.05, 3.63) is 95.5 Å². The van der Waals surface area contributed by atoms with E-state index in [1.165, 1.54) is 32.5 Å². The van der Waals surface area contributed by atoms with E-state index < -0.39 is 0 Å². The molecule has 0 spiro atoms. The van der Waals surface area contributed by atoms with Crippen molar-refractivity contribution in [2.75, 3.05) is 0 Å². The first-order chi connectivity index (χ1) is 13.8. The van der Waals surface area contributed by atoms with E-state index in [0.29, 0.717) is 0 Å². The zero-order chi connectivity index (χ0) is 18.7. The molecule has 0 saturated heterocycles. The quantitative estimate of drug-likeness (QED) is 0.259. The molecule has 1 aromatic heterocycles. The summed E-state index contributed by atoms with van der Waals surface area (Å²) < 4.78 is 7.33. The Balaban J connectivity index is 1.63. The maximum atomic E-state index is 6.25. The van der Waals surface area contributed by atoms with Crippen LogP contribution in [0, 0.1) is 0 Å². The van der Waals surface area contributed by atoms with Gasteiger partial charge in [-0.2, -0.15) is 0 Å². The SMILES string of the molecule is Brc1cc(-c2ccc3c(c2)oc2cc4ccccc4cc23)c2ccccc2c1. The molecule has 132 valence electrons. The Morgan fingerprint density at radius 2 is 1.25 bits per heavy atom. The van der Waals surface area contributed by atoms with Gasteiger partial charge in [-0.25, -0.2) is 0 Å². The molecule has 0 radical (unpaired) electrons. The van der Waals surface area contributed by atoms with Crippen LogP contribution in [0.3, 0.4) is 0 Å². The fourth-order valence-corrected chi connectivity index (χ4v) is 4.62. The third-order valence-electron chi connectivity index (χ3n) is 5.48. The highest BCUT2D eigenvalue weighted by atomic mass is 79.9. The van der Waals surface area contributed by atoms with Gasteiger partial charge in [-0.1, -0.05) is 70.5 Å². The Bertz CT molecular complexity index is 1520. The molecule has 0 aliphatic carbocycles. The molecule has 6 rings (SSSR count). The summed E-state index contributed by atoms with van der Waals surface area (Å²) in [4.78, 5) is 0. The lowest BCUT2D eigenvalue weighted by atomic mass is 9.97. The van der Waals surface area contributed by atoms with Crippen LogP contribution in [0.2, 0.25) is 0 Å². The van der Waals surface area contributed by atoms with Gasteiger partial charge in [0.25, 0.3) is 0 Å². The molecule has 0 amide bonds. The molecule has 1 nitrogen and oxygen atoms in total. The van der Waals surface area contributed by atoms with Gasteiger partial charge in [0.05, 0.1) is 0 Å².